The summed E-state index contributed by atoms with van der Waals surface area (Å²) in [5.74, 6) is -0.596. The van der Waals surface area contributed by atoms with Gasteiger partial charge in [0.2, 0.25) is 0 Å². The molecular weight excluding hydrogens is 447 g/mol. The summed E-state index contributed by atoms with van der Waals surface area (Å²) < 4.78 is 24.7. The first-order chi connectivity index (χ1) is 10.8. The van der Waals surface area contributed by atoms with E-state index in [2.05, 4.69) is 20.9 Å². The monoisotopic (exact) mass is 456 g/mol. The summed E-state index contributed by atoms with van der Waals surface area (Å²) in [5.41, 5.74) is 0.632. The van der Waals surface area contributed by atoms with Crippen LogP contribution in [0.3, 0.4) is 0 Å². The van der Waals surface area contributed by atoms with Gasteiger partial charge in [0, 0.05) is 9.72 Å². The van der Waals surface area contributed by atoms with E-state index in [0.717, 1.165) is 4.47 Å². The lowest BCUT2D eigenvalue weighted by atomic mass is 10.2. The molecule has 0 aromatic heterocycles. The van der Waals surface area contributed by atoms with Crippen molar-refractivity contribution in [3.8, 4) is 0 Å². The predicted octanol–water partition coefficient (Wildman–Crippen LogP) is 2.94. The van der Waals surface area contributed by atoms with Crippen molar-refractivity contribution in [2.45, 2.75) is 11.3 Å². The number of alkyl halides is 1. The second kappa shape index (κ2) is 6.55. The number of sulfone groups is 1. The van der Waals surface area contributed by atoms with Crippen molar-refractivity contribution in [2.75, 3.05) is 22.3 Å². The molecule has 0 spiro atoms. The van der Waals surface area contributed by atoms with Crippen molar-refractivity contribution in [3.63, 3.8) is 0 Å². The zero-order chi connectivity index (χ0) is 16.8. The summed E-state index contributed by atoms with van der Waals surface area (Å²) in [6.07, 6.45) is 0. The van der Waals surface area contributed by atoms with Crippen molar-refractivity contribution in [1.82, 2.24) is 0 Å². The highest BCUT2D eigenvalue weighted by Gasteiger charge is 2.49. The molecule has 2 saturated heterocycles. The number of carbonyl (C=O) groups excluding carboxylic acids is 1. The number of carbonyl (C=O) groups is 1. The van der Waals surface area contributed by atoms with E-state index in [-0.39, 0.29) is 28.7 Å². The van der Waals surface area contributed by atoms with E-state index < -0.39 is 15.7 Å². The highest BCUT2D eigenvalue weighted by Crippen LogP contribution is 2.43. The number of nitrogens with zero attached hydrogens (tertiary/aromatic N) is 2. The van der Waals surface area contributed by atoms with Crippen LogP contribution in [0.4, 0.5) is 5.69 Å². The summed E-state index contributed by atoms with van der Waals surface area (Å²) in [6.45, 7) is 0. The third-order valence-corrected chi connectivity index (χ3v) is 7.80. The molecule has 1 aromatic carbocycles. The number of thioether (sulfide) groups is 1. The van der Waals surface area contributed by atoms with Crippen LogP contribution in [0.25, 0.3) is 0 Å². The van der Waals surface area contributed by atoms with Crippen molar-refractivity contribution < 1.29 is 13.2 Å². The van der Waals surface area contributed by atoms with Gasteiger partial charge in [0.25, 0.3) is 5.91 Å². The Bertz CT molecular complexity index is 800. The fraction of sp³-hybridized carbons (Fsp3) is 0.385. The van der Waals surface area contributed by atoms with Gasteiger partial charge in [0.05, 0.1) is 28.3 Å². The molecule has 0 N–H and O–H groups in total. The van der Waals surface area contributed by atoms with Gasteiger partial charge in [-0.1, -0.05) is 39.3 Å². The topological polar surface area (TPSA) is 66.8 Å². The quantitative estimate of drug-likeness (QED) is 0.638. The maximum Gasteiger partial charge on any atom is 0.262 e. The maximum absolute atomic E-state index is 11.9. The van der Waals surface area contributed by atoms with Crippen LogP contribution in [0.5, 0.6) is 0 Å². The summed E-state index contributed by atoms with van der Waals surface area (Å²) in [6, 6.07) is 5.02. The Morgan fingerprint density at radius 1 is 1.43 bits per heavy atom. The fourth-order valence-corrected chi connectivity index (χ4v) is 7.41. The lowest BCUT2D eigenvalue weighted by molar-refractivity contribution is -0.115. The van der Waals surface area contributed by atoms with Gasteiger partial charge < -0.3 is 4.90 Å². The van der Waals surface area contributed by atoms with Crippen LogP contribution in [0.15, 0.2) is 27.7 Å². The number of hydrogen-bond donors (Lipinski definition) is 0. The summed E-state index contributed by atoms with van der Waals surface area (Å²) >= 11 is 16.5. The van der Waals surface area contributed by atoms with Crippen LogP contribution in [-0.4, -0.2) is 48.2 Å². The SMILES string of the molecule is O=C(CCl)N=C1S[C@@H]2CS(=O)(=O)C[C@H]2N1c1ccc(Br)cc1Cl. The van der Waals surface area contributed by atoms with Crippen molar-refractivity contribution in [1.29, 1.82) is 0 Å². The minimum absolute atomic E-state index is 0.0190. The largest absolute Gasteiger partial charge is 0.314 e. The molecule has 2 fully saturated rings. The van der Waals surface area contributed by atoms with Gasteiger partial charge in [-0.15, -0.1) is 11.6 Å². The van der Waals surface area contributed by atoms with Gasteiger partial charge in [0.1, 0.15) is 5.88 Å². The van der Waals surface area contributed by atoms with Gasteiger partial charge >= 0.3 is 0 Å². The highest BCUT2D eigenvalue weighted by atomic mass is 79.9. The van der Waals surface area contributed by atoms with Crippen LogP contribution in [0.1, 0.15) is 0 Å². The van der Waals surface area contributed by atoms with Gasteiger partial charge in [-0.2, -0.15) is 4.99 Å². The second-order valence-electron chi connectivity index (χ2n) is 5.19. The Morgan fingerprint density at radius 2 is 2.17 bits per heavy atom. The van der Waals surface area contributed by atoms with Gasteiger partial charge in [0.15, 0.2) is 15.0 Å². The minimum Gasteiger partial charge on any atom is -0.314 e. The number of amides is 1. The van der Waals surface area contributed by atoms with Crippen LogP contribution >= 0.6 is 50.9 Å². The molecule has 0 aliphatic carbocycles. The number of fused-ring (bicyclic) bond motifs is 1. The fourth-order valence-electron chi connectivity index (χ4n) is 2.66. The van der Waals surface area contributed by atoms with E-state index in [1.165, 1.54) is 11.8 Å². The number of benzene rings is 1. The van der Waals surface area contributed by atoms with Gasteiger partial charge in [-0.25, -0.2) is 8.42 Å². The summed E-state index contributed by atoms with van der Waals surface area (Å²) in [7, 11) is -3.11. The third-order valence-electron chi connectivity index (χ3n) is 3.57. The molecule has 2 aliphatic heterocycles. The molecule has 5 nitrogen and oxygen atoms in total. The van der Waals surface area contributed by atoms with Crippen LogP contribution in [0, 0.1) is 0 Å². The molecule has 3 rings (SSSR count). The number of anilines is 1. The van der Waals surface area contributed by atoms with Crippen molar-refractivity contribution in [3.05, 3.63) is 27.7 Å². The molecule has 0 saturated carbocycles. The third kappa shape index (κ3) is 3.56. The molecule has 2 atom stereocenters. The molecule has 1 amide bonds. The Hall–Kier alpha value is -0.280. The Balaban J connectivity index is 2.06. The van der Waals surface area contributed by atoms with E-state index in [4.69, 9.17) is 23.2 Å². The summed E-state index contributed by atoms with van der Waals surface area (Å²) in [5, 5.41) is 0.738. The first kappa shape index (κ1) is 17.5. The number of amidine groups is 1. The number of hydrogen-bond acceptors (Lipinski definition) is 4. The van der Waals surface area contributed by atoms with E-state index in [0.29, 0.717) is 15.9 Å². The lowest BCUT2D eigenvalue weighted by Crippen LogP contribution is -2.38. The maximum atomic E-state index is 11.9. The molecule has 0 radical (unpaired) electrons. The lowest BCUT2D eigenvalue weighted by Gasteiger charge is -2.25. The van der Waals surface area contributed by atoms with Crippen molar-refractivity contribution >= 4 is 77.5 Å². The molecular formula is C13H11BrCl2N2O3S2. The molecule has 23 heavy (non-hydrogen) atoms. The Labute approximate surface area is 156 Å². The van der Waals surface area contributed by atoms with E-state index in [9.17, 15) is 13.2 Å². The number of rotatable bonds is 2. The van der Waals surface area contributed by atoms with Crippen LogP contribution < -0.4 is 4.90 Å². The normalized spacial score (nSPS) is 27.4. The number of halogens is 3. The van der Waals surface area contributed by atoms with Crippen LogP contribution in [0.2, 0.25) is 5.02 Å². The van der Waals surface area contributed by atoms with Gasteiger partial charge in [-0.3, -0.25) is 4.79 Å². The molecule has 2 aliphatic rings. The molecule has 1 aromatic rings. The minimum atomic E-state index is -3.11. The Kier molecular flexibility index (Phi) is 5.00. The molecule has 10 heteroatoms. The molecule has 124 valence electrons. The standard InChI is InChI=1S/C13H11BrCl2N2O3S2/c14-7-1-2-9(8(16)3-7)18-10-5-23(20,21)6-11(10)22-13(18)17-12(19)4-15/h1-3,10-11H,4-6H2/t10-,11-/m1/s1. The first-order valence-electron chi connectivity index (χ1n) is 6.59. The number of aliphatic imine (C=N–C) groups is 1. The summed E-state index contributed by atoms with van der Waals surface area (Å²) in [4.78, 5) is 17.4. The first-order valence-corrected chi connectivity index (χ1v) is 11.0. The molecule has 2 heterocycles. The van der Waals surface area contributed by atoms with E-state index in [1.54, 1.807) is 17.0 Å². The molecule has 0 unspecified atom stereocenters. The Morgan fingerprint density at radius 3 is 2.83 bits per heavy atom. The van der Waals surface area contributed by atoms with E-state index in [1.807, 2.05) is 6.07 Å². The predicted molar refractivity (Wildman–Crippen MR) is 98.6 cm³/mol. The van der Waals surface area contributed by atoms with E-state index >= 15 is 0 Å². The van der Waals surface area contributed by atoms with Crippen molar-refractivity contribution in [2.24, 2.45) is 4.99 Å². The highest BCUT2D eigenvalue weighted by molar-refractivity contribution is 9.10. The average Bonchev–Trinajstić information content (AvgIpc) is 2.91. The van der Waals surface area contributed by atoms with Gasteiger partial charge in [-0.05, 0) is 18.2 Å². The van der Waals surface area contributed by atoms with Crippen LogP contribution in [-0.2, 0) is 14.6 Å². The average molecular weight is 458 g/mol. The zero-order valence-electron chi connectivity index (χ0n) is 11.6. The second-order valence-corrected chi connectivity index (χ2v) is 10.1. The zero-order valence-corrected chi connectivity index (χ0v) is 16.3. The smallest absolute Gasteiger partial charge is 0.262 e. The molecule has 0 bridgehead atoms.